The van der Waals surface area contributed by atoms with E-state index in [4.69, 9.17) is 19.2 Å². The Morgan fingerprint density at radius 3 is 2.77 bits per heavy atom. The lowest BCUT2D eigenvalue weighted by molar-refractivity contribution is -0.140. The third-order valence-corrected chi connectivity index (χ3v) is 7.37. The Hall–Kier alpha value is -3.08. The summed E-state index contributed by atoms with van der Waals surface area (Å²) in [6, 6.07) is 3.21. The van der Waals surface area contributed by atoms with Crippen LogP contribution in [0.15, 0.2) is 12.1 Å². The maximum absolute atomic E-state index is 12.3. The number of aryl methyl sites for hydroxylation is 2. The number of nitrogens with zero attached hydrogens (tertiary/aromatic N) is 2. The van der Waals surface area contributed by atoms with E-state index >= 15 is 0 Å². The Bertz CT molecular complexity index is 1020. The number of amides is 2. The highest BCUT2D eigenvalue weighted by atomic mass is 16.6. The van der Waals surface area contributed by atoms with Crippen molar-refractivity contribution in [2.45, 2.75) is 96.0 Å². The lowest BCUT2D eigenvalue weighted by Crippen LogP contribution is -2.44. The zero-order valence-electron chi connectivity index (χ0n) is 23.2. The average Bonchev–Trinajstić information content (AvgIpc) is 3.31. The maximum Gasteiger partial charge on any atom is 0.410 e. The first kappa shape index (κ1) is 28.9. The van der Waals surface area contributed by atoms with E-state index in [1.54, 1.807) is 20.8 Å². The van der Waals surface area contributed by atoms with Crippen molar-refractivity contribution in [1.82, 2.24) is 15.2 Å². The van der Waals surface area contributed by atoms with Crippen molar-refractivity contribution in [2.24, 2.45) is 5.92 Å². The number of fused-ring (bicyclic) bond motifs is 1. The van der Waals surface area contributed by atoms with Gasteiger partial charge in [0.25, 0.3) is 0 Å². The Balaban J connectivity index is 1.09. The number of carboxylic acids is 1. The van der Waals surface area contributed by atoms with Gasteiger partial charge < -0.3 is 34.9 Å². The Kier molecular flexibility index (Phi) is 9.53. The first-order chi connectivity index (χ1) is 18.6. The molecule has 0 bridgehead atoms. The molecule has 0 aromatic carbocycles. The SMILES string of the molecule is CC(C)(C)OC(=O)N1CCC(OC(=O)NC(CCOC2CC(CCc3ccc4c(n3)NCCC4)C2)C(=O)O)C1. The number of nitrogens with one attached hydrogen (secondary N) is 2. The van der Waals surface area contributed by atoms with Crippen molar-refractivity contribution >= 4 is 24.0 Å². The van der Waals surface area contributed by atoms with Gasteiger partial charge in [0.1, 0.15) is 23.6 Å². The van der Waals surface area contributed by atoms with Gasteiger partial charge >= 0.3 is 18.2 Å². The van der Waals surface area contributed by atoms with Crippen LogP contribution >= 0.6 is 0 Å². The number of hydrogen-bond donors (Lipinski definition) is 3. The minimum Gasteiger partial charge on any atom is -0.480 e. The second kappa shape index (κ2) is 12.8. The van der Waals surface area contributed by atoms with Gasteiger partial charge in [-0.2, -0.15) is 0 Å². The largest absolute Gasteiger partial charge is 0.480 e. The number of aliphatic carboxylic acids is 1. The van der Waals surface area contributed by atoms with Crippen LogP contribution in [0.4, 0.5) is 15.4 Å². The fourth-order valence-corrected chi connectivity index (χ4v) is 5.16. The normalized spacial score (nSPS) is 23.2. The highest BCUT2D eigenvalue weighted by Gasteiger charge is 2.33. The molecule has 1 aliphatic carbocycles. The third-order valence-electron chi connectivity index (χ3n) is 7.37. The molecule has 4 rings (SSSR count). The van der Waals surface area contributed by atoms with Gasteiger partial charge in [0, 0.05) is 38.2 Å². The first-order valence-corrected chi connectivity index (χ1v) is 14.1. The van der Waals surface area contributed by atoms with E-state index < -0.39 is 35.9 Å². The van der Waals surface area contributed by atoms with E-state index in [1.807, 2.05) is 0 Å². The summed E-state index contributed by atoms with van der Waals surface area (Å²) in [7, 11) is 0. The molecule has 2 atom stereocenters. The minimum absolute atomic E-state index is 0.117. The highest BCUT2D eigenvalue weighted by Crippen LogP contribution is 2.34. The number of ether oxygens (including phenoxy) is 3. The molecule has 3 aliphatic rings. The lowest BCUT2D eigenvalue weighted by atomic mass is 9.79. The van der Waals surface area contributed by atoms with E-state index in [-0.39, 0.29) is 25.7 Å². The van der Waals surface area contributed by atoms with Gasteiger partial charge in [-0.15, -0.1) is 0 Å². The van der Waals surface area contributed by atoms with Crippen LogP contribution in [0.5, 0.6) is 0 Å². The summed E-state index contributed by atoms with van der Waals surface area (Å²) in [5.41, 5.74) is 1.81. The van der Waals surface area contributed by atoms with E-state index in [9.17, 15) is 19.5 Å². The second-order valence-electron chi connectivity index (χ2n) is 11.8. The summed E-state index contributed by atoms with van der Waals surface area (Å²) in [6.45, 7) is 7.20. The van der Waals surface area contributed by atoms with Crippen LogP contribution in [0.3, 0.4) is 0 Å². The van der Waals surface area contributed by atoms with Crippen LogP contribution < -0.4 is 10.6 Å². The minimum atomic E-state index is -1.14. The van der Waals surface area contributed by atoms with E-state index in [0.29, 0.717) is 18.9 Å². The van der Waals surface area contributed by atoms with Crippen molar-refractivity contribution in [3.63, 3.8) is 0 Å². The molecular weight excluding hydrogens is 504 g/mol. The summed E-state index contributed by atoms with van der Waals surface area (Å²) in [4.78, 5) is 42.4. The number of hydrogen-bond acceptors (Lipinski definition) is 8. The van der Waals surface area contributed by atoms with Crippen molar-refractivity contribution in [3.05, 3.63) is 23.4 Å². The predicted octanol–water partition coefficient (Wildman–Crippen LogP) is 3.75. The number of likely N-dealkylation sites (tertiary alicyclic amines) is 1. The van der Waals surface area contributed by atoms with Gasteiger partial charge in [-0.05, 0) is 76.8 Å². The Morgan fingerprint density at radius 1 is 1.23 bits per heavy atom. The summed E-state index contributed by atoms with van der Waals surface area (Å²) < 4.78 is 16.6. The number of rotatable bonds is 10. The maximum atomic E-state index is 12.3. The predicted molar refractivity (Wildman–Crippen MR) is 144 cm³/mol. The summed E-state index contributed by atoms with van der Waals surface area (Å²) >= 11 is 0. The molecule has 1 aromatic heterocycles. The third kappa shape index (κ3) is 8.71. The summed E-state index contributed by atoms with van der Waals surface area (Å²) in [6.07, 6.45) is 5.09. The summed E-state index contributed by atoms with van der Waals surface area (Å²) in [5.74, 6) is 0.469. The van der Waals surface area contributed by atoms with Gasteiger partial charge in [-0.1, -0.05) is 6.07 Å². The number of anilines is 1. The van der Waals surface area contributed by atoms with Crippen LogP contribution in [0, 0.1) is 5.92 Å². The lowest BCUT2D eigenvalue weighted by Gasteiger charge is -2.35. The number of pyridine rings is 1. The molecule has 3 heterocycles. The molecule has 2 aliphatic heterocycles. The molecule has 2 fully saturated rings. The van der Waals surface area contributed by atoms with Crippen molar-refractivity contribution in [1.29, 1.82) is 0 Å². The zero-order chi connectivity index (χ0) is 28.0. The monoisotopic (exact) mass is 546 g/mol. The first-order valence-electron chi connectivity index (χ1n) is 14.1. The number of aromatic nitrogens is 1. The van der Waals surface area contributed by atoms with Crippen LogP contribution in [0.1, 0.15) is 70.6 Å². The molecule has 216 valence electrons. The molecule has 0 spiro atoms. The van der Waals surface area contributed by atoms with Crippen LogP contribution in [0.25, 0.3) is 0 Å². The van der Waals surface area contributed by atoms with Gasteiger partial charge in [0.05, 0.1) is 12.6 Å². The molecule has 11 heteroatoms. The number of carbonyl (C=O) groups excluding carboxylic acids is 2. The highest BCUT2D eigenvalue weighted by molar-refractivity contribution is 5.80. The van der Waals surface area contributed by atoms with Gasteiger partial charge in [-0.3, -0.25) is 0 Å². The van der Waals surface area contributed by atoms with Crippen LogP contribution in [-0.4, -0.2) is 83.2 Å². The molecule has 2 amide bonds. The van der Waals surface area contributed by atoms with Gasteiger partial charge in [0.2, 0.25) is 0 Å². The van der Waals surface area contributed by atoms with Crippen LogP contribution in [0.2, 0.25) is 0 Å². The molecule has 0 radical (unpaired) electrons. The fraction of sp³-hybridized carbons (Fsp3) is 0.714. The molecule has 39 heavy (non-hydrogen) atoms. The Labute approximate surface area is 230 Å². The second-order valence-corrected chi connectivity index (χ2v) is 11.8. The van der Waals surface area contributed by atoms with Gasteiger partial charge in [-0.25, -0.2) is 19.4 Å². The molecule has 3 N–H and O–H groups in total. The topological polar surface area (TPSA) is 139 Å². The standard InChI is InChI=1S/C28H42N4O7/c1-28(2,3)39-27(36)32-13-10-21(17-32)38-26(35)31-23(25(33)34)11-14-37-22-15-18(16-22)6-8-20-9-7-19-5-4-12-29-24(19)30-20/h7,9,18,21-23H,4-6,8,10-17H2,1-3H3,(H,29,30)(H,31,35)(H,33,34). The van der Waals surface area contributed by atoms with E-state index in [0.717, 1.165) is 56.6 Å². The number of carboxylic acid groups (broad SMARTS) is 1. The van der Waals surface area contributed by atoms with Crippen LogP contribution in [-0.2, 0) is 31.8 Å². The Morgan fingerprint density at radius 2 is 2.03 bits per heavy atom. The fourth-order valence-electron chi connectivity index (χ4n) is 5.16. The van der Waals surface area contributed by atoms with Crippen molar-refractivity contribution in [2.75, 3.05) is 31.6 Å². The molecule has 11 nitrogen and oxygen atoms in total. The average molecular weight is 547 g/mol. The summed E-state index contributed by atoms with van der Waals surface area (Å²) in [5, 5.41) is 15.3. The van der Waals surface area contributed by atoms with Gasteiger partial charge in [0.15, 0.2) is 0 Å². The molecular formula is C28H42N4O7. The van der Waals surface area contributed by atoms with E-state index in [1.165, 1.54) is 10.5 Å². The number of carbonyl (C=O) groups is 3. The number of alkyl carbamates (subject to hydrolysis) is 1. The van der Waals surface area contributed by atoms with Crippen molar-refractivity contribution < 1.29 is 33.7 Å². The molecule has 1 saturated carbocycles. The smallest absolute Gasteiger partial charge is 0.410 e. The quantitative estimate of drug-likeness (QED) is 0.400. The van der Waals surface area contributed by atoms with E-state index in [2.05, 4.69) is 22.8 Å². The molecule has 1 saturated heterocycles. The van der Waals surface area contributed by atoms with Crippen molar-refractivity contribution in [3.8, 4) is 0 Å². The zero-order valence-corrected chi connectivity index (χ0v) is 23.2. The molecule has 1 aromatic rings. The molecule has 2 unspecified atom stereocenters.